The maximum Gasteiger partial charge on any atom is 0.314 e. The molecule has 1 rings (SSSR count). The number of benzene rings is 1. The van der Waals surface area contributed by atoms with Crippen LogP contribution in [0.4, 0.5) is 0 Å². The number of ether oxygens (including phenoxy) is 2. The summed E-state index contributed by atoms with van der Waals surface area (Å²) in [6.45, 7) is 7.02. The lowest BCUT2D eigenvalue weighted by molar-refractivity contribution is -0.177. The van der Waals surface area contributed by atoms with Crippen LogP contribution in [-0.4, -0.2) is 45.1 Å². The van der Waals surface area contributed by atoms with Crippen molar-refractivity contribution in [3.63, 3.8) is 0 Å². The number of hydrogen-bond acceptors (Lipinski definition) is 7. The number of aliphatic hydroxyl groups is 1. The summed E-state index contributed by atoms with van der Waals surface area (Å²) >= 11 is 0. The minimum absolute atomic E-state index is 0.0305. The summed E-state index contributed by atoms with van der Waals surface area (Å²) in [4.78, 5) is 12.0. The Balaban J connectivity index is 2.83. The zero-order valence-electron chi connectivity index (χ0n) is 15.0. The van der Waals surface area contributed by atoms with E-state index in [1.165, 1.54) is 19.1 Å². The number of aryl methyl sites for hydroxylation is 1. The molecule has 7 nitrogen and oxygen atoms in total. The number of hydrogen-bond donors (Lipinski definition) is 1. The van der Waals surface area contributed by atoms with Gasteiger partial charge in [-0.05, 0) is 46.2 Å². The Kier molecular flexibility index (Phi) is 8.51. The van der Waals surface area contributed by atoms with Crippen LogP contribution in [0.3, 0.4) is 0 Å². The SMILES string of the molecule is CCOC(=O)C(CC(C)OS(=O)(=O)c1ccc(C)cc1)C(O)OCC. The summed E-state index contributed by atoms with van der Waals surface area (Å²) in [7, 11) is -3.97. The van der Waals surface area contributed by atoms with Gasteiger partial charge in [0, 0.05) is 6.61 Å². The first-order chi connectivity index (χ1) is 11.7. The number of esters is 1. The zero-order chi connectivity index (χ0) is 19.0. The highest BCUT2D eigenvalue weighted by molar-refractivity contribution is 7.86. The number of rotatable bonds is 10. The van der Waals surface area contributed by atoms with Gasteiger partial charge in [0.05, 0.1) is 17.6 Å². The highest BCUT2D eigenvalue weighted by Gasteiger charge is 2.32. The fourth-order valence-corrected chi connectivity index (χ4v) is 3.33. The Morgan fingerprint density at radius 1 is 1.16 bits per heavy atom. The summed E-state index contributed by atoms with van der Waals surface area (Å²) in [6.07, 6.45) is -2.31. The van der Waals surface area contributed by atoms with Gasteiger partial charge in [0.15, 0.2) is 6.29 Å². The molecule has 0 fully saturated rings. The Morgan fingerprint density at radius 3 is 2.28 bits per heavy atom. The molecule has 0 saturated heterocycles. The second kappa shape index (κ2) is 9.86. The maximum atomic E-state index is 12.3. The Hall–Kier alpha value is -1.48. The first kappa shape index (κ1) is 21.6. The standard InChI is InChI=1S/C17H26O7S/c1-5-22-16(18)15(17(19)23-6-2)11-13(4)24-25(20,21)14-9-7-12(3)8-10-14/h7-10,13,15-16,18H,5-6,11H2,1-4H3. The molecule has 0 aliphatic rings. The van der Waals surface area contributed by atoms with E-state index < -0.39 is 34.4 Å². The van der Waals surface area contributed by atoms with E-state index in [0.29, 0.717) is 0 Å². The highest BCUT2D eigenvalue weighted by atomic mass is 32.2. The van der Waals surface area contributed by atoms with Crippen LogP contribution < -0.4 is 0 Å². The van der Waals surface area contributed by atoms with E-state index >= 15 is 0 Å². The molecular formula is C17H26O7S. The fourth-order valence-electron chi connectivity index (χ4n) is 2.24. The van der Waals surface area contributed by atoms with Gasteiger partial charge in [-0.25, -0.2) is 0 Å². The minimum atomic E-state index is -3.97. The highest BCUT2D eigenvalue weighted by Crippen LogP contribution is 2.21. The molecule has 0 aliphatic carbocycles. The van der Waals surface area contributed by atoms with Crippen LogP contribution in [-0.2, 0) is 28.6 Å². The Bertz CT molecular complexity index is 639. The molecule has 0 bridgehead atoms. The molecule has 0 saturated carbocycles. The van der Waals surface area contributed by atoms with E-state index in [-0.39, 0.29) is 24.5 Å². The van der Waals surface area contributed by atoms with Gasteiger partial charge >= 0.3 is 5.97 Å². The van der Waals surface area contributed by atoms with Gasteiger partial charge in [0.2, 0.25) is 0 Å². The summed E-state index contributed by atoms with van der Waals surface area (Å²) in [5.74, 6) is -1.70. The Labute approximate surface area is 149 Å². The summed E-state index contributed by atoms with van der Waals surface area (Å²) in [6, 6.07) is 6.24. The van der Waals surface area contributed by atoms with Gasteiger partial charge in [-0.3, -0.25) is 8.98 Å². The summed E-state index contributed by atoms with van der Waals surface area (Å²) < 4.78 is 39.7. The summed E-state index contributed by atoms with van der Waals surface area (Å²) in [5.41, 5.74) is 0.925. The molecule has 3 unspecified atom stereocenters. The first-order valence-corrected chi connectivity index (χ1v) is 9.58. The first-order valence-electron chi connectivity index (χ1n) is 8.17. The van der Waals surface area contributed by atoms with Crippen LogP contribution in [0.5, 0.6) is 0 Å². The smallest absolute Gasteiger partial charge is 0.314 e. The lowest BCUT2D eigenvalue weighted by Gasteiger charge is -2.23. The van der Waals surface area contributed by atoms with E-state index in [2.05, 4.69) is 0 Å². The molecule has 0 heterocycles. The van der Waals surface area contributed by atoms with E-state index in [1.54, 1.807) is 26.0 Å². The molecule has 0 amide bonds. The predicted octanol–water partition coefficient (Wildman–Crippen LogP) is 2.01. The van der Waals surface area contributed by atoms with Crippen LogP contribution in [0.1, 0.15) is 32.8 Å². The molecule has 0 aromatic heterocycles. The molecule has 8 heteroatoms. The third kappa shape index (κ3) is 6.74. The second-order valence-corrected chi connectivity index (χ2v) is 7.19. The van der Waals surface area contributed by atoms with Crippen molar-refractivity contribution in [3.05, 3.63) is 29.8 Å². The lowest BCUT2D eigenvalue weighted by atomic mass is 10.0. The van der Waals surface area contributed by atoms with Crippen molar-refractivity contribution in [3.8, 4) is 0 Å². The molecular weight excluding hydrogens is 348 g/mol. The van der Waals surface area contributed by atoms with Gasteiger partial charge in [-0.15, -0.1) is 0 Å². The normalized spacial score (nSPS) is 15.4. The van der Waals surface area contributed by atoms with E-state index in [0.717, 1.165) is 5.56 Å². The van der Waals surface area contributed by atoms with Gasteiger partial charge in [0.1, 0.15) is 5.92 Å². The molecule has 1 aromatic carbocycles. The largest absolute Gasteiger partial charge is 0.466 e. The molecule has 1 aromatic rings. The van der Waals surface area contributed by atoms with Gasteiger partial charge < -0.3 is 14.6 Å². The predicted molar refractivity (Wildman–Crippen MR) is 91.3 cm³/mol. The van der Waals surface area contributed by atoms with Crippen molar-refractivity contribution in [1.29, 1.82) is 0 Å². The zero-order valence-corrected chi connectivity index (χ0v) is 15.8. The van der Waals surface area contributed by atoms with Crippen molar-refractivity contribution in [1.82, 2.24) is 0 Å². The topological polar surface area (TPSA) is 99.1 Å². The fraction of sp³-hybridized carbons (Fsp3) is 0.588. The maximum absolute atomic E-state index is 12.3. The molecule has 25 heavy (non-hydrogen) atoms. The Morgan fingerprint density at radius 2 is 1.76 bits per heavy atom. The quantitative estimate of drug-likeness (QED) is 0.380. The van der Waals surface area contributed by atoms with E-state index in [1.807, 2.05) is 6.92 Å². The van der Waals surface area contributed by atoms with Crippen molar-refractivity contribution in [2.75, 3.05) is 13.2 Å². The monoisotopic (exact) mass is 374 g/mol. The average Bonchev–Trinajstić information content (AvgIpc) is 2.53. The third-order valence-corrected chi connectivity index (χ3v) is 4.89. The third-order valence-electron chi connectivity index (χ3n) is 3.46. The molecule has 1 N–H and O–H groups in total. The van der Waals surface area contributed by atoms with Crippen molar-refractivity contribution in [2.45, 2.75) is 51.4 Å². The molecule has 0 spiro atoms. The van der Waals surface area contributed by atoms with Gasteiger partial charge in [-0.2, -0.15) is 8.42 Å². The van der Waals surface area contributed by atoms with Crippen molar-refractivity contribution >= 4 is 16.1 Å². The molecule has 0 radical (unpaired) electrons. The van der Waals surface area contributed by atoms with Crippen molar-refractivity contribution < 1.29 is 32.0 Å². The van der Waals surface area contributed by atoms with E-state index in [4.69, 9.17) is 13.7 Å². The molecule has 0 aliphatic heterocycles. The number of aliphatic hydroxyl groups excluding tert-OH is 1. The van der Waals surface area contributed by atoms with Crippen LogP contribution in [0.25, 0.3) is 0 Å². The van der Waals surface area contributed by atoms with Crippen molar-refractivity contribution in [2.24, 2.45) is 5.92 Å². The minimum Gasteiger partial charge on any atom is -0.466 e. The van der Waals surface area contributed by atoms with Gasteiger partial charge in [0.25, 0.3) is 10.1 Å². The van der Waals surface area contributed by atoms with Crippen LogP contribution in [0, 0.1) is 12.8 Å². The lowest BCUT2D eigenvalue weighted by Crippen LogP contribution is -2.35. The molecule has 3 atom stereocenters. The molecule has 142 valence electrons. The van der Waals surface area contributed by atoms with Crippen LogP contribution >= 0.6 is 0 Å². The van der Waals surface area contributed by atoms with E-state index in [9.17, 15) is 18.3 Å². The average molecular weight is 374 g/mol. The van der Waals surface area contributed by atoms with Gasteiger partial charge in [-0.1, -0.05) is 17.7 Å². The number of carbonyl (C=O) groups excluding carboxylic acids is 1. The number of carbonyl (C=O) groups is 1. The second-order valence-electron chi connectivity index (χ2n) is 5.61. The van der Waals surface area contributed by atoms with Crippen LogP contribution in [0.15, 0.2) is 29.2 Å². The summed E-state index contributed by atoms with van der Waals surface area (Å²) in [5, 5.41) is 9.97. The van der Waals surface area contributed by atoms with Crippen LogP contribution in [0.2, 0.25) is 0 Å².